The van der Waals surface area contributed by atoms with Gasteiger partial charge in [0, 0.05) is 12.1 Å². The highest BCUT2D eigenvalue weighted by Gasteiger charge is 2.14. The van der Waals surface area contributed by atoms with Crippen molar-refractivity contribution in [3.63, 3.8) is 0 Å². The topological polar surface area (TPSA) is 51.9 Å². The lowest BCUT2D eigenvalue weighted by atomic mass is 10.1. The zero-order valence-electron chi connectivity index (χ0n) is 7.97. The molecular formula is C11H9N3O. The van der Waals surface area contributed by atoms with Crippen molar-refractivity contribution in [1.29, 1.82) is 0 Å². The molecule has 0 saturated carbocycles. The summed E-state index contributed by atoms with van der Waals surface area (Å²) in [5.74, 6) is 0.779. The third kappa shape index (κ3) is 1.22. The van der Waals surface area contributed by atoms with Gasteiger partial charge in [-0.15, -0.1) is 0 Å². The maximum absolute atomic E-state index is 11.5. The largest absolute Gasteiger partial charge is 0.710 e. The minimum atomic E-state index is 0.457. The smallest absolute Gasteiger partial charge is 0.335 e. The highest BCUT2D eigenvalue weighted by molar-refractivity contribution is 5.81. The minimum absolute atomic E-state index is 0.457. The Labute approximate surface area is 86.5 Å². The molecule has 0 atom stereocenters. The van der Waals surface area contributed by atoms with Gasteiger partial charge in [-0.2, -0.15) is 0 Å². The average molecular weight is 199 g/mol. The molecule has 3 heterocycles. The predicted octanol–water partition coefficient (Wildman–Crippen LogP) is 1.31. The number of aromatic nitrogens is 2. The molecule has 0 bridgehead atoms. The Kier molecular flexibility index (Phi) is 1.62. The van der Waals surface area contributed by atoms with Crippen LogP contribution in [0.3, 0.4) is 0 Å². The number of fused-ring (bicyclic) bond motifs is 2. The molecule has 1 N–H and O–H groups in total. The number of rotatable bonds is 0. The molecular weight excluding hydrogens is 190 g/mol. The van der Waals surface area contributed by atoms with Crippen molar-refractivity contribution in [1.82, 2.24) is 4.98 Å². The summed E-state index contributed by atoms with van der Waals surface area (Å²) in [6.07, 6.45) is 5.50. The van der Waals surface area contributed by atoms with E-state index < -0.39 is 0 Å². The van der Waals surface area contributed by atoms with Gasteiger partial charge in [0.05, 0.1) is 11.6 Å². The van der Waals surface area contributed by atoms with Gasteiger partial charge in [0.2, 0.25) is 5.82 Å². The second-order valence-electron chi connectivity index (χ2n) is 3.46. The van der Waals surface area contributed by atoms with Crippen molar-refractivity contribution in [3.05, 3.63) is 41.2 Å². The van der Waals surface area contributed by atoms with E-state index in [0.29, 0.717) is 5.65 Å². The Bertz CT molecular complexity index is 563. The van der Waals surface area contributed by atoms with Crippen LogP contribution in [0.2, 0.25) is 0 Å². The Morgan fingerprint density at radius 1 is 1.47 bits per heavy atom. The van der Waals surface area contributed by atoms with Gasteiger partial charge in [0.15, 0.2) is 0 Å². The van der Waals surface area contributed by atoms with Gasteiger partial charge in [0.25, 0.3) is 0 Å². The van der Waals surface area contributed by atoms with Crippen molar-refractivity contribution in [2.45, 2.75) is 0 Å². The van der Waals surface area contributed by atoms with E-state index in [1.54, 1.807) is 6.07 Å². The third-order valence-electron chi connectivity index (χ3n) is 2.45. The number of anilines is 1. The monoisotopic (exact) mass is 199 g/mol. The Balaban J connectivity index is 2.37. The molecule has 4 nitrogen and oxygen atoms in total. The van der Waals surface area contributed by atoms with Crippen LogP contribution < -0.4 is 10.0 Å². The molecule has 1 aliphatic rings. The van der Waals surface area contributed by atoms with E-state index >= 15 is 0 Å². The predicted molar refractivity (Wildman–Crippen MR) is 58.2 cm³/mol. The summed E-state index contributed by atoms with van der Waals surface area (Å²) < 4.78 is 0.787. The van der Waals surface area contributed by atoms with E-state index in [1.807, 2.05) is 24.3 Å². The molecule has 74 valence electrons. The summed E-state index contributed by atoms with van der Waals surface area (Å²) in [7, 11) is 0. The van der Waals surface area contributed by atoms with Crippen molar-refractivity contribution in [3.8, 4) is 0 Å². The van der Waals surface area contributed by atoms with Crippen LogP contribution in [0.4, 0.5) is 5.82 Å². The van der Waals surface area contributed by atoms with E-state index in [-0.39, 0.29) is 0 Å². The first-order valence-corrected chi connectivity index (χ1v) is 4.78. The summed E-state index contributed by atoms with van der Waals surface area (Å²) >= 11 is 0. The van der Waals surface area contributed by atoms with Crippen LogP contribution in [0, 0.1) is 5.21 Å². The highest BCUT2D eigenvalue weighted by Crippen LogP contribution is 2.21. The average Bonchev–Trinajstić information content (AvgIpc) is 2.27. The SMILES string of the molecule is [O-][n+]1cccc2cc3c(nc21)NCC=C3. The molecule has 3 rings (SSSR count). The minimum Gasteiger partial charge on any atom is -0.710 e. The van der Waals surface area contributed by atoms with Crippen LogP contribution in [0.15, 0.2) is 30.5 Å². The second kappa shape index (κ2) is 2.95. The molecule has 2 aromatic heterocycles. The zero-order chi connectivity index (χ0) is 10.3. The van der Waals surface area contributed by atoms with Crippen molar-refractivity contribution < 1.29 is 4.73 Å². The maximum atomic E-state index is 11.5. The standard InChI is InChI=1S/C11H9N3O/c15-14-6-2-4-9-7-8-3-1-5-12-10(8)13-11(9)14/h1-4,6-7H,5H2,(H,12,13). The molecule has 4 heteroatoms. The Morgan fingerprint density at radius 2 is 2.40 bits per heavy atom. The number of pyridine rings is 2. The molecule has 0 unspecified atom stereocenters. The van der Waals surface area contributed by atoms with Crippen LogP contribution >= 0.6 is 0 Å². The molecule has 0 amide bonds. The van der Waals surface area contributed by atoms with E-state index in [9.17, 15) is 5.21 Å². The third-order valence-corrected chi connectivity index (χ3v) is 2.45. The van der Waals surface area contributed by atoms with Crippen molar-refractivity contribution >= 4 is 22.9 Å². The van der Waals surface area contributed by atoms with E-state index in [0.717, 1.165) is 28.0 Å². The molecule has 0 aliphatic carbocycles. The molecule has 0 aromatic carbocycles. The lowest BCUT2D eigenvalue weighted by Gasteiger charge is -2.09. The lowest BCUT2D eigenvalue weighted by Crippen LogP contribution is -2.27. The fourth-order valence-corrected chi connectivity index (χ4v) is 1.74. The number of hydrogen-bond acceptors (Lipinski definition) is 3. The van der Waals surface area contributed by atoms with Gasteiger partial charge >= 0.3 is 5.65 Å². The quantitative estimate of drug-likeness (QED) is 0.514. The van der Waals surface area contributed by atoms with Gasteiger partial charge in [0.1, 0.15) is 0 Å². The Morgan fingerprint density at radius 3 is 3.33 bits per heavy atom. The fourth-order valence-electron chi connectivity index (χ4n) is 1.74. The first-order valence-electron chi connectivity index (χ1n) is 4.78. The zero-order valence-corrected chi connectivity index (χ0v) is 7.97. The van der Waals surface area contributed by atoms with E-state index in [1.165, 1.54) is 6.20 Å². The maximum Gasteiger partial charge on any atom is 0.335 e. The van der Waals surface area contributed by atoms with Gasteiger partial charge in [-0.3, -0.25) is 0 Å². The summed E-state index contributed by atoms with van der Waals surface area (Å²) in [4.78, 5) is 4.30. The molecule has 0 radical (unpaired) electrons. The molecule has 0 saturated heterocycles. The molecule has 0 spiro atoms. The van der Waals surface area contributed by atoms with E-state index in [2.05, 4.69) is 10.3 Å². The first kappa shape index (κ1) is 8.23. The van der Waals surface area contributed by atoms with Crippen LogP contribution in [-0.4, -0.2) is 11.5 Å². The first-order chi connectivity index (χ1) is 7.34. The Hall–Kier alpha value is -2.10. The van der Waals surface area contributed by atoms with Gasteiger partial charge in [-0.1, -0.05) is 12.2 Å². The van der Waals surface area contributed by atoms with Gasteiger partial charge < -0.3 is 10.5 Å². The van der Waals surface area contributed by atoms with Crippen molar-refractivity contribution in [2.75, 3.05) is 11.9 Å². The van der Waals surface area contributed by atoms with E-state index in [4.69, 9.17) is 0 Å². The molecule has 15 heavy (non-hydrogen) atoms. The van der Waals surface area contributed by atoms with Gasteiger partial charge in [-0.25, -0.2) is 4.73 Å². The highest BCUT2D eigenvalue weighted by atomic mass is 16.5. The number of nitrogens with one attached hydrogen (secondary N) is 1. The second-order valence-corrected chi connectivity index (χ2v) is 3.46. The van der Waals surface area contributed by atoms with Crippen molar-refractivity contribution in [2.24, 2.45) is 0 Å². The fraction of sp³-hybridized carbons (Fsp3) is 0.0909. The summed E-state index contributed by atoms with van der Waals surface area (Å²) in [5, 5.41) is 15.5. The number of hydrogen-bond donors (Lipinski definition) is 1. The van der Waals surface area contributed by atoms with Gasteiger partial charge in [-0.05, 0) is 23.2 Å². The number of nitrogens with zero attached hydrogens (tertiary/aromatic N) is 2. The van der Waals surface area contributed by atoms with Crippen LogP contribution in [0.1, 0.15) is 5.56 Å². The summed E-state index contributed by atoms with van der Waals surface area (Å²) in [6.45, 7) is 0.761. The summed E-state index contributed by atoms with van der Waals surface area (Å²) in [6, 6.07) is 5.58. The summed E-state index contributed by atoms with van der Waals surface area (Å²) in [5.41, 5.74) is 1.49. The molecule has 0 fully saturated rings. The van der Waals surface area contributed by atoms with Crippen LogP contribution in [-0.2, 0) is 0 Å². The van der Waals surface area contributed by atoms with Crippen LogP contribution in [0.25, 0.3) is 17.1 Å². The lowest BCUT2D eigenvalue weighted by molar-refractivity contribution is -0.579. The molecule has 2 aromatic rings. The van der Waals surface area contributed by atoms with Crippen LogP contribution in [0.5, 0.6) is 0 Å². The molecule has 1 aliphatic heterocycles. The normalized spacial score (nSPS) is 13.6.